The van der Waals surface area contributed by atoms with Crippen LogP contribution < -0.4 is 5.32 Å². The third kappa shape index (κ3) is 2.30. The zero-order valence-electron chi connectivity index (χ0n) is 12.0. The fourth-order valence-corrected chi connectivity index (χ4v) is 3.16. The van der Waals surface area contributed by atoms with Crippen molar-refractivity contribution in [3.05, 3.63) is 35.9 Å². The Morgan fingerprint density at radius 2 is 1.95 bits per heavy atom. The summed E-state index contributed by atoms with van der Waals surface area (Å²) in [4.78, 5) is 26.7. The average molecular weight is 290 g/mol. The molecule has 1 heterocycles. The van der Waals surface area contributed by atoms with E-state index in [1.54, 1.807) is 19.1 Å². The second kappa shape index (κ2) is 5.13. The number of carbonyl (C=O) groups excluding carboxylic acids is 2. The summed E-state index contributed by atoms with van der Waals surface area (Å²) in [6.45, 7) is 1.06. The minimum Gasteiger partial charge on any atom is -0.340 e. The number of amides is 2. The minimum atomic E-state index is -0.877. The fourth-order valence-electron chi connectivity index (χ4n) is 3.16. The van der Waals surface area contributed by atoms with Crippen molar-refractivity contribution in [3.63, 3.8) is 0 Å². The van der Waals surface area contributed by atoms with Gasteiger partial charge in [-0.3, -0.25) is 9.59 Å². The van der Waals surface area contributed by atoms with Gasteiger partial charge in [-0.15, -0.1) is 0 Å². The first-order valence-corrected chi connectivity index (χ1v) is 7.32. The summed E-state index contributed by atoms with van der Waals surface area (Å²) < 4.78 is 12.9. The summed E-state index contributed by atoms with van der Waals surface area (Å²) in [6, 6.07) is 8.33. The van der Waals surface area contributed by atoms with Crippen LogP contribution in [0.1, 0.15) is 31.4 Å². The van der Waals surface area contributed by atoms with Crippen LogP contribution in [0.3, 0.4) is 0 Å². The lowest BCUT2D eigenvalue weighted by Gasteiger charge is -2.44. The molecule has 2 aliphatic rings. The van der Waals surface area contributed by atoms with Crippen molar-refractivity contribution in [2.45, 2.75) is 31.3 Å². The van der Waals surface area contributed by atoms with Gasteiger partial charge in [0.1, 0.15) is 18.3 Å². The lowest BCUT2D eigenvalue weighted by Crippen LogP contribution is -2.67. The number of piperazine rings is 1. The summed E-state index contributed by atoms with van der Waals surface area (Å²) >= 11 is 0. The van der Waals surface area contributed by atoms with Crippen molar-refractivity contribution in [1.29, 1.82) is 0 Å². The van der Waals surface area contributed by atoms with E-state index < -0.39 is 18.3 Å². The summed E-state index contributed by atoms with van der Waals surface area (Å²) in [7, 11) is 0. The van der Waals surface area contributed by atoms with Gasteiger partial charge in [-0.2, -0.15) is 0 Å². The molecule has 112 valence electrons. The van der Waals surface area contributed by atoms with Gasteiger partial charge < -0.3 is 10.2 Å². The molecule has 1 N–H and O–H groups in total. The molecule has 2 atom stereocenters. The molecule has 21 heavy (non-hydrogen) atoms. The van der Waals surface area contributed by atoms with E-state index in [0.717, 1.165) is 18.4 Å². The van der Waals surface area contributed by atoms with E-state index in [0.29, 0.717) is 0 Å². The van der Waals surface area contributed by atoms with Gasteiger partial charge in [-0.25, -0.2) is 4.39 Å². The second-order valence-electron chi connectivity index (χ2n) is 5.97. The molecule has 0 radical (unpaired) electrons. The topological polar surface area (TPSA) is 49.4 Å². The molecule has 2 unspecified atom stereocenters. The zero-order valence-corrected chi connectivity index (χ0v) is 12.0. The van der Waals surface area contributed by atoms with Gasteiger partial charge in [0.25, 0.3) is 0 Å². The normalized spacial score (nSPS) is 29.4. The van der Waals surface area contributed by atoms with Crippen LogP contribution in [-0.2, 0) is 9.59 Å². The van der Waals surface area contributed by atoms with Crippen LogP contribution in [0, 0.1) is 5.92 Å². The molecule has 0 spiro atoms. The predicted molar refractivity (Wildman–Crippen MR) is 76.1 cm³/mol. The number of nitrogens with one attached hydrogen (secondary N) is 1. The maximum absolute atomic E-state index is 12.9. The van der Waals surface area contributed by atoms with Crippen LogP contribution in [0.4, 0.5) is 4.39 Å². The van der Waals surface area contributed by atoms with Crippen molar-refractivity contribution >= 4 is 11.8 Å². The number of nitrogens with zero attached hydrogens (tertiary/aromatic N) is 1. The van der Waals surface area contributed by atoms with Gasteiger partial charge in [0.05, 0.1) is 6.54 Å². The maximum Gasteiger partial charge on any atom is 0.249 e. The first-order valence-electron chi connectivity index (χ1n) is 7.32. The third-order valence-corrected chi connectivity index (χ3v) is 4.48. The highest BCUT2D eigenvalue weighted by molar-refractivity contribution is 6.00. The second-order valence-corrected chi connectivity index (χ2v) is 5.97. The molecule has 1 saturated carbocycles. The summed E-state index contributed by atoms with van der Waals surface area (Å²) in [5.74, 6) is -0.215. The Hall–Kier alpha value is -1.91. The predicted octanol–water partition coefficient (Wildman–Crippen LogP) is 1.82. The van der Waals surface area contributed by atoms with E-state index in [4.69, 9.17) is 0 Å². The van der Waals surface area contributed by atoms with Crippen molar-refractivity contribution in [1.82, 2.24) is 10.2 Å². The van der Waals surface area contributed by atoms with Crippen LogP contribution in [0.25, 0.3) is 0 Å². The Bertz CT molecular complexity index is 559. The quantitative estimate of drug-likeness (QED) is 0.919. The molecule has 1 saturated heterocycles. The molecule has 5 heteroatoms. The Labute approximate surface area is 123 Å². The summed E-state index contributed by atoms with van der Waals surface area (Å²) in [5.41, 5.74) is -0.160. The van der Waals surface area contributed by atoms with Gasteiger partial charge in [0.15, 0.2) is 0 Å². The SMILES string of the molecule is CC1(C2CC2)NC(=O)C(c2ccccc2)N(CCF)C1=O. The molecule has 1 aromatic rings. The summed E-state index contributed by atoms with van der Waals surface area (Å²) in [6.07, 6.45) is 1.87. The van der Waals surface area contributed by atoms with Crippen LogP contribution in [0.5, 0.6) is 0 Å². The monoisotopic (exact) mass is 290 g/mol. The molecular weight excluding hydrogens is 271 g/mol. The highest BCUT2D eigenvalue weighted by atomic mass is 19.1. The van der Waals surface area contributed by atoms with E-state index in [1.165, 1.54) is 4.90 Å². The first kappa shape index (κ1) is 14.0. The number of rotatable bonds is 4. The number of hydrogen-bond donors (Lipinski definition) is 1. The number of benzene rings is 1. The van der Waals surface area contributed by atoms with Gasteiger partial charge in [-0.1, -0.05) is 30.3 Å². The van der Waals surface area contributed by atoms with Gasteiger partial charge in [0, 0.05) is 0 Å². The van der Waals surface area contributed by atoms with Crippen molar-refractivity contribution in [2.75, 3.05) is 13.2 Å². The van der Waals surface area contributed by atoms with Crippen LogP contribution in [0.2, 0.25) is 0 Å². The van der Waals surface area contributed by atoms with Gasteiger partial charge >= 0.3 is 0 Å². The largest absolute Gasteiger partial charge is 0.340 e. The average Bonchev–Trinajstić information content (AvgIpc) is 3.31. The number of halogens is 1. The number of carbonyl (C=O) groups is 2. The molecule has 1 aliphatic carbocycles. The number of hydrogen-bond acceptors (Lipinski definition) is 2. The Kier molecular flexibility index (Phi) is 3.43. The zero-order chi connectivity index (χ0) is 15.0. The van der Waals surface area contributed by atoms with Gasteiger partial charge in [-0.05, 0) is 31.2 Å². The standard InChI is InChI=1S/C16H19FN2O2/c1-16(12-7-8-12)15(21)19(10-9-17)13(14(20)18-16)11-5-3-2-4-6-11/h2-6,12-13H,7-10H2,1H3,(H,18,20). The Morgan fingerprint density at radius 3 is 2.52 bits per heavy atom. The van der Waals surface area contributed by atoms with E-state index in [9.17, 15) is 14.0 Å². The lowest BCUT2D eigenvalue weighted by molar-refractivity contribution is -0.156. The molecule has 1 aliphatic heterocycles. The minimum absolute atomic E-state index is 0.0475. The van der Waals surface area contributed by atoms with E-state index >= 15 is 0 Å². The molecular formula is C16H19FN2O2. The van der Waals surface area contributed by atoms with Crippen LogP contribution in [0.15, 0.2) is 30.3 Å². The molecule has 1 aromatic carbocycles. The van der Waals surface area contributed by atoms with Gasteiger partial charge in [0.2, 0.25) is 11.8 Å². The van der Waals surface area contributed by atoms with E-state index in [2.05, 4.69) is 5.32 Å². The molecule has 3 rings (SSSR count). The van der Waals surface area contributed by atoms with Crippen LogP contribution in [-0.4, -0.2) is 35.5 Å². The van der Waals surface area contributed by atoms with E-state index in [-0.39, 0.29) is 24.3 Å². The Balaban J connectivity index is 1.97. The Morgan fingerprint density at radius 1 is 1.29 bits per heavy atom. The van der Waals surface area contributed by atoms with Crippen molar-refractivity contribution < 1.29 is 14.0 Å². The smallest absolute Gasteiger partial charge is 0.249 e. The molecule has 2 fully saturated rings. The maximum atomic E-state index is 12.9. The van der Waals surface area contributed by atoms with E-state index in [1.807, 2.05) is 18.2 Å². The summed E-state index contributed by atoms with van der Waals surface area (Å²) in [5, 5.41) is 2.89. The fraction of sp³-hybridized carbons (Fsp3) is 0.500. The third-order valence-electron chi connectivity index (χ3n) is 4.48. The van der Waals surface area contributed by atoms with Crippen LogP contribution >= 0.6 is 0 Å². The highest BCUT2D eigenvalue weighted by Gasteiger charge is 2.55. The lowest BCUT2D eigenvalue weighted by atomic mass is 9.87. The highest BCUT2D eigenvalue weighted by Crippen LogP contribution is 2.43. The molecule has 0 aromatic heterocycles. The molecule has 4 nitrogen and oxygen atoms in total. The van der Waals surface area contributed by atoms with Crippen molar-refractivity contribution in [3.8, 4) is 0 Å². The molecule has 0 bridgehead atoms. The van der Waals surface area contributed by atoms with Crippen molar-refractivity contribution in [2.24, 2.45) is 5.92 Å². The first-order chi connectivity index (χ1) is 10.1. The molecule has 2 amide bonds. The number of alkyl halides is 1.